The highest BCUT2D eigenvalue weighted by molar-refractivity contribution is 5.47. The van der Waals surface area contributed by atoms with Crippen LogP contribution in [-0.4, -0.2) is 22.1 Å². The third kappa shape index (κ3) is 1.37. The van der Waals surface area contributed by atoms with Gasteiger partial charge in [-0.3, -0.25) is 0 Å². The van der Waals surface area contributed by atoms with Gasteiger partial charge in [0.25, 0.3) is 0 Å². The molecule has 0 amide bonds. The Morgan fingerprint density at radius 2 is 0.818 bits per heavy atom. The van der Waals surface area contributed by atoms with Crippen LogP contribution in [0.25, 0.3) is 0 Å². The maximum atomic E-state index is 14.1. The highest BCUT2D eigenvalue weighted by Crippen LogP contribution is 2.72. The monoisotopic (exact) mass is 312 g/mol. The Hall–Kier alpha value is -1.92. The van der Waals surface area contributed by atoms with Crippen LogP contribution >= 0.6 is 0 Å². The van der Waals surface area contributed by atoms with Crippen molar-refractivity contribution in [1.29, 1.82) is 0 Å². The van der Waals surface area contributed by atoms with Crippen molar-refractivity contribution in [3.05, 3.63) is 71.8 Å². The van der Waals surface area contributed by atoms with E-state index in [1.807, 2.05) is 0 Å². The molecular formula is C16H12F4O2. The van der Waals surface area contributed by atoms with Gasteiger partial charge in [-0.05, 0) is 11.1 Å². The molecule has 0 aromatic heterocycles. The van der Waals surface area contributed by atoms with E-state index in [1.165, 1.54) is 36.4 Å². The Balaban J connectivity index is 2.28. The van der Waals surface area contributed by atoms with Gasteiger partial charge in [0.15, 0.2) is 11.2 Å². The van der Waals surface area contributed by atoms with Crippen molar-refractivity contribution in [3.63, 3.8) is 0 Å². The van der Waals surface area contributed by atoms with Crippen molar-refractivity contribution in [2.45, 2.75) is 23.0 Å². The van der Waals surface area contributed by atoms with E-state index in [4.69, 9.17) is 0 Å². The van der Waals surface area contributed by atoms with Gasteiger partial charge in [-0.1, -0.05) is 60.7 Å². The maximum absolute atomic E-state index is 14.1. The predicted molar refractivity (Wildman–Crippen MR) is 70.6 cm³/mol. The van der Waals surface area contributed by atoms with E-state index in [0.717, 1.165) is 24.3 Å². The first-order chi connectivity index (χ1) is 10.2. The Morgan fingerprint density at radius 1 is 0.545 bits per heavy atom. The van der Waals surface area contributed by atoms with Gasteiger partial charge < -0.3 is 10.2 Å². The molecule has 0 unspecified atom stereocenters. The molecule has 0 radical (unpaired) electrons. The van der Waals surface area contributed by atoms with Crippen molar-refractivity contribution < 1.29 is 27.8 Å². The van der Waals surface area contributed by atoms with Gasteiger partial charge in [-0.25, -0.2) is 0 Å². The van der Waals surface area contributed by atoms with Gasteiger partial charge in [-0.2, -0.15) is 17.6 Å². The molecule has 116 valence electrons. The molecule has 0 bridgehead atoms. The van der Waals surface area contributed by atoms with Gasteiger partial charge in [0.05, 0.1) is 0 Å². The van der Waals surface area contributed by atoms with E-state index in [0.29, 0.717) is 0 Å². The lowest BCUT2D eigenvalue weighted by atomic mass is 9.53. The van der Waals surface area contributed by atoms with E-state index in [1.54, 1.807) is 0 Å². The predicted octanol–water partition coefficient (Wildman–Crippen LogP) is 3.05. The second kappa shape index (κ2) is 4.30. The summed E-state index contributed by atoms with van der Waals surface area (Å²) in [6, 6.07) is 12.6. The Kier molecular flexibility index (Phi) is 2.93. The molecule has 22 heavy (non-hydrogen) atoms. The number of benzene rings is 2. The van der Waals surface area contributed by atoms with Crippen molar-refractivity contribution in [2.75, 3.05) is 0 Å². The molecule has 2 aromatic rings. The summed E-state index contributed by atoms with van der Waals surface area (Å²) in [5.74, 6) is -9.63. The van der Waals surface area contributed by atoms with Crippen LogP contribution < -0.4 is 0 Å². The Morgan fingerprint density at radius 3 is 1.09 bits per heavy atom. The van der Waals surface area contributed by atoms with Crippen molar-refractivity contribution in [1.82, 2.24) is 0 Å². The third-order valence-electron chi connectivity index (χ3n) is 4.21. The smallest absolute Gasteiger partial charge is 0.349 e. The Labute approximate surface area is 123 Å². The summed E-state index contributed by atoms with van der Waals surface area (Å²) in [6.07, 6.45) is 0. The topological polar surface area (TPSA) is 40.5 Å². The van der Waals surface area contributed by atoms with E-state index in [9.17, 15) is 27.8 Å². The zero-order valence-electron chi connectivity index (χ0n) is 11.2. The molecule has 0 saturated heterocycles. The fraction of sp³-hybridized carbons (Fsp3) is 0.250. The fourth-order valence-corrected chi connectivity index (χ4v) is 2.99. The first-order valence-electron chi connectivity index (χ1n) is 6.52. The molecule has 2 atom stereocenters. The largest absolute Gasteiger partial charge is 0.376 e. The molecule has 6 heteroatoms. The second-order valence-electron chi connectivity index (χ2n) is 5.30. The summed E-state index contributed by atoms with van der Waals surface area (Å²) in [5.41, 5.74) is -7.80. The van der Waals surface area contributed by atoms with Crippen LogP contribution in [0.1, 0.15) is 11.1 Å². The van der Waals surface area contributed by atoms with Gasteiger partial charge in [0.2, 0.25) is 0 Å². The maximum Gasteiger partial charge on any atom is 0.349 e. The number of hydrogen-bond donors (Lipinski definition) is 2. The number of halogens is 4. The van der Waals surface area contributed by atoms with Crippen LogP contribution in [0.3, 0.4) is 0 Å². The number of alkyl halides is 4. The zero-order chi connectivity index (χ0) is 16.2. The molecule has 2 nitrogen and oxygen atoms in total. The van der Waals surface area contributed by atoms with Crippen LogP contribution in [0.15, 0.2) is 60.7 Å². The number of hydrogen-bond acceptors (Lipinski definition) is 2. The van der Waals surface area contributed by atoms with E-state index < -0.39 is 34.2 Å². The van der Waals surface area contributed by atoms with E-state index in [-0.39, 0.29) is 0 Å². The molecule has 2 N–H and O–H groups in total. The van der Waals surface area contributed by atoms with Gasteiger partial charge in [0, 0.05) is 0 Å². The molecule has 1 fully saturated rings. The molecule has 0 aliphatic heterocycles. The molecule has 1 aliphatic rings. The highest BCUT2D eigenvalue weighted by atomic mass is 19.3. The minimum absolute atomic E-state index is 0.475. The number of rotatable bonds is 2. The summed E-state index contributed by atoms with van der Waals surface area (Å²) in [7, 11) is 0. The molecule has 3 rings (SSSR count). The average molecular weight is 312 g/mol. The molecular weight excluding hydrogens is 300 g/mol. The van der Waals surface area contributed by atoms with Crippen LogP contribution in [0.2, 0.25) is 0 Å². The quantitative estimate of drug-likeness (QED) is 0.837. The summed E-state index contributed by atoms with van der Waals surface area (Å²) < 4.78 is 56.3. The molecule has 1 aliphatic carbocycles. The van der Waals surface area contributed by atoms with Gasteiger partial charge >= 0.3 is 11.8 Å². The van der Waals surface area contributed by atoms with Gasteiger partial charge in [-0.15, -0.1) is 0 Å². The summed E-state index contributed by atoms with van der Waals surface area (Å²) >= 11 is 0. The lowest BCUT2D eigenvalue weighted by Crippen LogP contribution is -2.85. The van der Waals surface area contributed by atoms with Crippen molar-refractivity contribution in [2.24, 2.45) is 0 Å². The van der Waals surface area contributed by atoms with E-state index in [2.05, 4.69) is 0 Å². The minimum Gasteiger partial charge on any atom is -0.376 e. The molecule has 2 aromatic carbocycles. The van der Waals surface area contributed by atoms with Gasteiger partial charge in [0.1, 0.15) is 0 Å². The lowest BCUT2D eigenvalue weighted by Gasteiger charge is -2.62. The Bertz CT molecular complexity index is 628. The zero-order valence-corrected chi connectivity index (χ0v) is 11.2. The summed E-state index contributed by atoms with van der Waals surface area (Å²) in [4.78, 5) is 0. The van der Waals surface area contributed by atoms with E-state index >= 15 is 0 Å². The standard InChI is InChI=1S/C16H12F4O2/c17-15(18)13(21,11-7-3-1-4-8-11)14(22,16(15,19)20)12-9-5-2-6-10-12/h1-10,21-22H/t13-,14-/m1/s1. The first kappa shape index (κ1) is 15.0. The van der Waals surface area contributed by atoms with Crippen LogP contribution in [0.5, 0.6) is 0 Å². The molecule has 1 saturated carbocycles. The lowest BCUT2D eigenvalue weighted by molar-refractivity contribution is -0.489. The normalized spacial score (nSPS) is 32.3. The molecule has 0 heterocycles. The SMILES string of the molecule is O[C@@]1(c2ccccc2)C(F)(F)C(F)(F)[C@@]1(O)c1ccccc1. The third-order valence-corrected chi connectivity index (χ3v) is 4.21. The summed E-state index contributed by atoms with van der Waals surface area (Å²) in [6.45, 7) is 0. The average Bonchev–Trinajstić information content (AvgIpc) is 2.54. The van der Waals surface area contributed by atoms with Crippen LogP contribution in [0, 0.1) is 0 Å². The minimum atomic E-state index is -4.81. The number of aliphatic hydroxyl groups is 2. The summed E-state index contributed by atoms with van der Waals surface area (Å²) in [5, 5.41) is 20.9. The molecule has 0 spiro atoms. The van der Waals surface area contributed by atoms with Crippen molar-refractivity contribution in [3.8, 4) is 0 Å². The second-order valence-corrected chi connectivity index (χ2v) is 5.30. The van der Waals surface area contributed by atoms with Crippen LogP contribution in [-0.2, 0) is 11.2 Å². The van der Waals surface area contributed by atoms with Crippen LogP contribution in [0.4, 0.5) is 17.6 Å². The first-order valence-corrected chi connectivity index (χ1v) is 6.52. The fourth-order valence-electron chi connectivity index (χ4n) is 2.99. The highest BCUT2D eigenvalue weighted by Gasteiger charge is 2.95. The van der Waals surface area contributed by atoms with Crippen molar-refractivity contribution >= 4 is 0 Å².